The Morgan fingerprint density at radius 3 is 2.17 bits per heavy atom. The Kier molecular flexibility index (Phi) is 4.71. The van der Waals surface area contributed by atoms with Crippen molar-refractivity contribution in [3.63, 3.8) is 0 Å². The maximum absolute atomic E-state index is 12.8. The normalized spacial score (nSPS) is 18.4. The van der Waals surface area contributed by atoms with Crippen molar-refractivity contribution in [2.24, 2.45) is 0 Å². The van der Waals surface area contributed by atoms with Gasteiger partial charge in [-0.3, -0.25) is 9.59 Å². The number of hydrogen-bond donors (Lipinski definition) is 1. The number of hydrogen-bond acceptors (Lipinski definition) is 2. The molecule has 1 saturated heterocycles. The molecule has 4 nitrogen and oxygen atoms in total. The van der Waals surface area contributed by atoms with E-state index in [0.29, 0.717) is 25.9 Å². The lowest BCUT2D eigenvalue weighted by Crippen LogP contribution is -2.45. The smallest absolute Gasteiger partial charge is 0.245 e. The van der Waals surface area contributed by atoms with Gasteiger partial charge in [-0.05, 0) is 11.1 Å². The number of nitrogens with zero attached hydrogens (tertiary/aromatic N) is 1. The first-order chi connectivity index (χ1) is 11.2. The van der Waals surface area contributed by atoms with E-state index in [1.807, 2.05) is 60.7 Å². The number of amides is 2. The lowest BCUT2D eigenvalue weighted by atomic mass is 10.0. The van der Waals surface area contributed by atoms with E-state index in [4.69, 9.17) is 0 Å². The predicted molar refractivity (Wildman–Crippen MR) is 88.6 cm³/mol. The summed E-state index contributed by atoms with van der Waals surface area (Å²) >= 11 is 0. The Labute approximate surface area is 136 Å². The van der Waals surface area contributed by atoms with Crippen LogP contribution >= 0.6 is 0 Å². The number of benzene rings is 2. The molecule has 1 aliphatic heterocycles. The number of nitrogens with one attached hydrogen (secondary N) is 1. The summed E-state index contributed by atoms with van der Waals surface area (Å²) in [5.74, 6) is -0.0709. The van der Waals surface area contributed by atoms with E-state index in [1.54, 1.807) is 4.90 Å². The first-order valence-electron chi connectivity index (χ1n) is 7.88. The summed E-state index contributed by atoms with van der Waals surface area (Å²) in [6.07, 6.45) is 0.876. The first kappa shape index (κ1) is 15.3. The SMILES string of the molecule is O=C1CCN(Cc2ccccc2)C(=O)C(Cc2ccccc2)N1. The number of carbonyl (C=O) groups is 2. The van der Waals surface area contributed by atoms with Gasteiger partial charge >= 0.3 is 0 Å². The van der Waals surface area contributed by atoms with Gasteiger partial charge in [0, 0.05) is 25.9 Å². The number of carbonyl (C=O) groups excluding carboxylic acids is 2. The fourth-order valence-corrected chi connectivity index (χ4v) is 2.84. The maximum Gasteiger partial charge on any atom is 0.245 e. The molecule has 1 unspecified atom stereocenters. The van der Waals surface area contributed by atoms with Crippen molar-refractivity contribution < 1.29 is 9.59 Å². The molecule has 2 aromatic rings. The predicted octanol–water partition coefficient (Wildman–Crippen LogP) is 2.15. The quantitative estimate of drug-likeness (QED) is 0.941. The second-order valence-electron chi connectivity index (χ2n) is 5.81. The van der Waals surface area contributed by atoms with Crippen LogP contribution in [0.1, 0.15) is 17.5 Å². The summed E-state index contributed by atoms with van der Waals surface area (Å²) in [6.45, 7) is 1.00. The first-order valence-corrected chi connectivity index (χ1v) is 7.88. The van der Waals surface area contributed by atoms with Gasteiger partial charge in [0.25, 0.3) is 0 Å². The van der Waals surface area contributed by atoms with Crippen molar-refractivity contribution in [2.45, 2.75) is 25.4 Å². The van der Waals surface area contributed by atoms with Gasteiger partial charge in [0.1, 0.15) is 6.04 Å². The van der Waals surface area contributed by atoms with E-state index in [1.165, 1.54) is 0 Å². The molecule has 23 heavy (non-hydrogen) atoms. The summed E-state index contributed by atoms with van der Waals surface area (Å²) in [4.78, 5) is 26.5. The monoisotopic (exact) mass is 308 g/mol. The van der Waals surface area contributed by atoms with Crippen LogP contribution < -0.4 is 5.32 Å². The summed E-state index contributed by atoms with van der Waals surface area (Å²) in [6, 6.07) is 19.2. The number of rotatable bonds is 4. The molecule has 1 aliphatic rings. The van der Waals surface area contributed by atoms with E-state index in [2.05, 4.69) is 5.32 Å². The van der Waals surface area contributed by atoms with Gasteiger partial charge < -0.3 is 10.2 Å². The van der Waals surface area contributed by atoms with Crippen molar-refractivity contribution in [3.05, 3.63) is 71.8 Å². The molecule has 0 saturated carbocycles. The van der Waals surface area contributed by atoms with Crippen LogP contribution in [-0.4, -0.2) is 29.3 Å². The highest BCUT2D eigenvalue weighted by Crippen LogP contribution is 2.13. The minimum absolute atomic E-state index is 0.0106. The molecule has 0 bridgehead atoms. The largest absolute Gasteiger partial charge is 0.344 e. The fraction of sp³-hybridized carbons (Fsp3) is 0.263. The zero-order chi connectivity index (χ0) is 16.1. The van der Waals surface area contributed by atoms with E-state index in [0.717, 1.165) is 11.1 Å². The van der Waals surface area contributed by atoms with Crippen LogP contribution in [0.15, 0.2) is 60.7 Å². The van der Waals surface area contributed by atoms with Crippen LogP contribution in [0.4, 0.5) is 0 Å². The highest BCUT2D eigenvalue weighted by atomic mass is 16.2. The summed E-state index contributed by atoms with van der Waals surface area (Å²) in [5, 5.41) is 2.86. The minimum Gasteiger partial charge on any atom is -0.344 e. The Bertz CT molecular complexity index is 670. The Hall–Kier alpha value is -2.62. The molecule has 0 aromatic heterocycles. The molecule has 1 heterocycles. The molecular formula is C19H20N2O2. The van der Waals surface area contributed by atoms with Gasteiger partial charge in [-0.2, -0.15) is 0 Å². The molecule has 0 radical (unpaired) electrons. The average molecular weight is 308 g/mol. The molecule has 1 N–H and O–H groups in total. The highest BCUT2D eigenvalue weighted by molar-refractivity contribution is 5.90. The van der Waals surface area contributed by atoms with Crippen LogP contribution in [-0.2, 0) is 22.6 Å². The topological polar surface area (TPSA) is 49.4 Å². The average Bonchev–Trinajstić information content (AvgIpc) is 2.70. The van der Waals surface area contributed by atoms with E-state index in [9.17, 15) is 9.59 Å². The van der Waals surface area contributed by atoms with Gasteiger partial charge in [-0.25, -0.2) is 0 Å². The molecule has 0 spiro atoms. The van der Waals surface area contributed by atoms with Crippen molar-refractivity contribution >= 4 is 11.8 Å². The Morgan fingerprint density at radius 2 is 1.52 bits per heavy atom. The molecule has 2 aromatic carbocycles. The van der Waals surface area contributed by atoms with Crippen LogP contribution in [0.5, 0.6) is 0 Å². The second-order valence-corrected chi connectivity index (χ2v) is 5.81. The van der Waals surface area contributed by atoms with Crippen molar-refractivity contribution in [1.82, 2.24) is 10.2 Å². The van der Waals surface area contributed by atoms with E-state index >= 15 is 0 Å². The van der Waals surface area contributed by atoms with Crippen molar-refractivity contribution in [3.8, 4) is 0 Å². The molecule has 3 rings (SSSR count). The van der Waals surface area contributed by atoms with Gasteiger partial charge in [-0.15, -0.1) is 0 Å². The Morgan fingerprint density at radius 1 is 0.913 bits per heavy atom. The van der Waals surface area contributed by atoms with Gasteiger partial charge in [-0.1, -0.05) is 60.7 Å². The summed E-state index contributed by atoms with van der Waals surface area (Å²) in [5.41, 5.74) is 2.13. The molecule has 2 amide bonds. The molecule has 118 valence electrons. The maximum atomic E-state index is 12.8. The lowest BCUT2D eigenvalue weighted by molar-refractivity contribution is -0.134. The van der Waals surface area contributed by atoms with E-state index < -0.39 is 6.04 Å². The summed E-state index contributed by atoms with van der Waals surface area (Å²) < 4.78 is 0. The van der Waals surface area contributed by atoms with Crippen LogP contribution in [0, 0.1) is 0 Å². The fourth-order valence-electron chi connectivity index (χ4n) is 2.84. The highest BCUT2D eigenvalue weighted by Gasteiger charge is 2.29. The Balaban J connectivity index is 1.76. The van der Waals surface area contributed by atoms with Crippen molar-refractivity contribution in [1.29, 1.82) is 0 Å². The van der Waals surface area contributed by atoms with Gasteiger partial charge in [0.05, 0.1) is 0 Å². The van der Waals surface area contributed by atoms with Gasteiger partial charge in [0.15, 0.2) is 0 Å². The molecular weight excluding hydrogens is 288 g/mol. The molecule has 0 aliphatic carbocycles. The minimum atomic E-state index is -0.490. The van der Waals surface area contributed by atoms with E-state index in [-0.39, 0.29) is 11.8 Å². The third-order valence-electron chi connectivity index (χ3n) is 4.05. The lowest BCUT2D eigenvalue weighted by Gasteiger charge is -2.24. The van der Waals surface area contributed by atoms with Crippen LogP contribution in [0.2, 0.25) is 0 Å². The standard InChI is InChI=1S/C19H20N2O2/c22-18-11-12-21(14-16-9-5-2-6-10-16)19(23)17(20-18)13-15-7-3-1-4-8-15/h1-10,17H,11-14H2,(H,20,22). The molecule has 1 atom stereocenters. The van der Waals surface area contributed by atoms with Crippen LogP contribution in [0.25, 0.3) is 0 Å². The zero-order valence-corrected chi connectivity index (χ0v) is 12.9. The third-order valence-corrected chi connectivity index (χ3v) is 4.05. The summed E-state index contributed by atoms with van der Waals surface area (Å²) in [7, 11) is 0. The van der Waals surface area contributed by atoms with Crippen LogP contribution in [0.3, 0.4) is 0 Å². The second kappa shape index (κ2) is 7.09. The van der Waals surface area contributed by atoms with Gasteiger partial charge in [0.2, 0.25) is 11.8 Å². The third kappa shape index (κ3) is 3.97. The zero-order valence-electron chi connectivity index (χ0n) is 12.9. The molecule has 1 fully saturated rings. The van der Waals surface area contributed by atoms with Crippen molar-refractivity contribution in [2.75, 3.05) is 6.54 Å². The molecule has 4 heteroatoms.